The Morgan fingerprint density at radius 1 is 1.15 bits per heavy atom. The molecular formula is C20H18Cl2N2O3. The maximum Gasteiger partial charge on any atom is 0.291 e. The predicted molar refractivity (Wildman–Crippen MR) is 108 cm³/mol. The maximum atomic E-state index is 12.9. The quantitative estimate of drug-likeness (QED) is 0.656. The van der Waals surface area contributed by atoms with Gasteiger partial charge in [-0.15, -0.1) is 0 Å². The van der Waals surface area contributed by atoms with Crippen molar-refractivity contribution in [2.75, 3.05) is 36.5 Å². The van der Waals surface area contributed by atoms with Gasteiger partial charge in [-0.2, -0.15) is 0 Å². The molecule has 0 saturated carbocycles. The number of furan rings is 1. The van der Waals surface area contributed by atoms with Gasteiger partial charge in [0.1, 0.15) is 0 Å². The summed E-state index contributed by atoms with van der Waals surface area (Å²) in [7, 11) is 0. The highest BCUT2D eigenvalue weighted by Crippen LogP contribution is 2.33. The number of morpholine rings is 1. The minimum atomic E-state index is -0.337. The molecule has 1 fully saturated rings. The molecule has 27 heavy (non-hydrogen) atoms. The van der Waals surface area contributed by atoms with E-state index in [2.05, 4.69) is 10.2 Å². The van der Waals surface area contributed by atoms with Crippen molar-refractivity contribution in [3.63, 3.8) is 0 Å². The van der Waals surface area contributed by atoms with Crippen molar-refractivity contribution in [2.24, 2.45) is 0 Å². The Labute approximate surface area is 166 Å². The molecule has 4 rings (SSSR count). The number of nitrogens with one attached hydrogen (secondary N) is 1. The highest BCUT2D eigenvalue weighted by Gasteiger charge is 2.22. The fourth-order valence-electron chi connectivity index (χ4n) is 3.29. The number of hydrogen-bond acceptors (Lipinski definition) is 4. The van der Waals surface area contributed by atoms with Crippen LogP contribution in [0.3, 0.4) is 0 Å². The summed E-state index contributed by atoms with van der Waals surface area (Å²) in [5, 5.41) is 4.80. The van der Waals surface area contributed by atoms with E-state index in [-0.39, 0.29) is 11.7 Å². The van der Waals surface area contributed by atoms with Crippen molar-refractivity contribution in [3.05, 3.63) is 57.8 Å². The van der Waals surface area contributed by atoms with Crippen LogP contribution in [0.4, 0.5) is 11.4 Å². The lowest BCUT2D eigenvalue weighted by atomic mass is 10.1. The molecule has 0 spiro atoms. The summed E-state index contributed by atoms with van der Waals surface area (Å²) in [6, 6.07) is 10.9. The molecule has 1 saturated heterocycles. The summed E-state index contributed by atoms with van der Waals surface area (Å²) in [5.41, 5.74) is 2.81. The second-order valence-corrected chi connectivity index (χ2v) is 7.23. The largest absolute Gasteiger partial charge is 0.449 e. The SMILES string of the molecule is Cc1c(C(=O)Nc2cc(Cl)ccc2N2CCOCC2)oc2c(Cl)cccc12. The van der Waals surface area contributed by atoms with E-state index in [1.807, 2.05) is 31.2 Å². The van der Waals surface area contributed by atoms with Crippen LogP contribution in [0.15, 0.2) is 40.8 Å². The van der Waals surface area contributed by atoms with Crippen LogP contribution in [0.25, 0.3) is 11.0 Å². The van der Waals surface area contributed by atoms with E-state index >= 15 is 0 Å². The van der Waals surface area contributed by atoms with Gasteiger partial charge in [0.15, 0.2) is 11.3 Å². The van der Waals surface area contributed by atoms with Crippen molar-refractivity contribution in [1.82, 2.24) is 0 Å². The molecule has 0 bridgehead atoms. The molecule has 0 atom stereocenters. The molecule has 0 aliphatic carbocycles. The van der Waals surface area contributed by atoms with Gasteiger partial charge in [0.25, 0.3) is 5.91 Å². The summed E-state index contributed by atoms with van der Waals surface area (Å²) >= 11 is 12.4. The Bertz CT molecular complexity index is 1010. The lowest BCUT2D eigenvalue weighted by Crippen LogP contribution is -2.36. The van der Waals surface area contributed by atoms with Crippen molar-refractivity contribution < 1.29 is 13.9 Å². The molecule has 7 heteroatoms. The molecule has 1 aliphatic heterocycles. The molecule has 1 aromatic heterocycles. The Morgan fingerprint density at radius 3 is 2.67 bits per heavy atom. The van der Waals surface area contributed by atoms with Crippen LogP contribution in [0.2, 0.25) is 10.0 Å². The van der Waals surface area contributed by atoms with Crippen molar-refractivity contribution in [1.29, 1.82) is 0 Å². The lowest BCUT2D eigenvalue weighted by molar-refractivity contribution is 0.0998. The zero-order valence-corrected chi connectivity index (χ0v) is 16.2. The maximum absolute atomic E-state index is 12.9. The average Bonchev–Trinajstić information content (AvgIpc) is 3.01. The number of carbonyl (C=O) groups excluding carboxylic acids is 1. The minimum absolute atomic E-state index is 0.242. The molecule has 140 valence electrons. The van der Waals surface area contributed by atoms with Gasteiger partial charge in [-0.1, -0.05) is 35.3 Å². The van der Waals surface area contributed by atoms with Crippen molar-refractivity contribution >= 4 is 51.5 Å². The predicted octanol–water partition coefficient (Wildman–Crippen LogP) is 5.14. The normalized spacial score (nSPS) is 14.6. The topological polar surface area (TPSA) is 54.7 Å². The smallest absolute Gasteiger partial charge is 0.291 e. The fraction of sp³-hybridized carbons (Fsp3) is 0.250. The standard InChI is InChI=1S/C20H18Cl2N2O3/c1-12-14-3-2-4-15(22)19(14)27-18(12)20(25)23-16-11-13(21)5-6-17(16)24-7-9-26-10-8-24/h2-6,11H,7-10H2,1H3,(H,23,25). The van der Waals surface area contributed by atoms with Crippen molar-refractivity contribution in [3.8, 4) is 0 Å². The van der Waals surface area contributed by atoms with E-state index < -0.39 is 0 Å². The van der Waals surface area contributed by atoms with Crippen LogP contribution in [0.5, 0.6) is 0 Å². The summed E-state index contributed by atoms with van der Waals surface area (Å²) in [4.78, 5) is 15.1. The molecule has 1 amide bonds. The second-order valence-electron chi connectivity index (χ2n) is 6.39. The summed E-state index contributed by atoms with van der Waals surface area (Å²) in [6.07, 6.45) is 0. The highest BCUT2D eigenvalue weighted by molar-refractivity contribution is 6.35. The number of rotatable bonds is 3. The first-order valence-electron chi connectivity index (χ1n) is 8.66. The zero-order chi connectivity index (χ0) is 19.0. The van der Waals surface area contributed by atoms with Crippen LogP contribution in [-0.2, 0) is 4.74 Å². The second kappa shape index (κ2) is 7.43. The number of hydrogen-bond donors (Lipinski definition) is 1. The van der Waals surface area contributed by atoms with Crippen LogP contribution >= 0.6 is 23.2 Å². The molecule has 3 aromatic rings. The molecular weight excluding hydrogens is 387 g/mol. The Kier molecular flexibility index (Phi) is 5.00. The number of anilines is 2. The zero-order valence-electron chi connectivity index (χ0n) is 14.7. The monoisotopic (exact) mass is 404 g/mol. The third-order valence-electron chi connectivity index (χ3n) is 4.68. The van der Waals surface area contributed by atoms with E-state index in [1.54, 1.807) is 12.1 Å². The molecule has 0 radical (unpaired) electrons. The van der Waals surface area contributed by atoms with Crippen LogP contribution in [0.1, 0.15) is 16.1 Å². The number of para-hydroxylation sites is 1. The third-order valence-corrected chi connectivity index (χ3v) is 5.21. The van der Waals surface area contributed by atoms with E-state index in [1.165, 1.54) is 0 Å². The van der Waals surface area contributed by atoms with E-state index in [4.69, 9.17) is 32.4 Å². The van der Waals surface area contributed by atoms with Crippen LogP contribution < -0.4 is 10.2 Å². The number of ether oxygens (including phenoxy) is 1. The fourth-order valence-corrected chi connectivity index (χ4v) is 3.68. The van der Waals surface area contributed by atoms with Gasteiger partial charge in [0.2, 0.25) is 0 Å². The molecule has 1 aliphatic rings. The van der Waals surface area contributed by atoms with E-state index in [0.29, 0.717) is 34.5 Å². The van der Waals surface area contributed by atoms with Gasteiger partial charge in [-0.25, -0.2) is 0 Å². The number of fused-ring (bicyclic) bond motifs is 1. The first-order chi connectivity index (χ1) is 13.0. The van der Waals surface area contributed by atoms with Crippen molar-refractivity contribution in [2.45, 2.75) is 6.92 Å². The highest BCUT2D eigenvalue weighted by atomic mass is 35.5. The molecule has 1 N–H and O–H groups in total. The molecule has 0 unspecified atom stereocenters. The van der Waals surface area contributed by atoms with Gasteiger partial charge < -0.3 is 19.4 Å². The van der Waals surface area contributed by atoms with Crippen LogP contribution in [-0.4, -0.2) is 32.2 Å². The van der Waals surface area contributed by atoms with E-state index in [9.17, 15) is 4.79 Å². The Balaban J connectivity index is 1.68. The number of aryl methyl sites for hydroxylation is 1. The Morgan fingerprint density at radius 2 is 1.93 bits per heavy atom. The first-order valence-corrected chi connectivity index (χ1v) is 9.41. The molecule has 2 aromatic carbocycles. The first kappa shape index (κ1) is 18.2. The summed E-state index contributed by atoms with van der Waals surface area (Å²) in [6.45, 7) is 4.65. The average molecular weight is 405 g/mol. The van der Waals surface area contributed by atoms with Gasteiger partial charge >= 0.3 is 0 Å². The van der Waals surface area contributed by atoms with Gasteiger partial charge in [0, 0.05) is 29.1 Å². The lowest BCUT2D eigenvalue weighted by Gasteiger charge is -2.30. The Hall–Kier alpha value is -2.21. The van der Waals surface area contributed by atoms with E-state index in [0.717, 1.165) is 29.7 Å². The van der Waals surface area contributed by atoms with Crippen LogP contribution in [0, 0.1) is 6.92 Å². The van der Waals surface area contributed by atoms with Gasteiger partial charge in [-0.05, 0) is 31.2 Å². The minimum Gasteiger partial charge on any atom is -0.449 e. The van der Waals surface area contributed by atoms with Gasteiger partial charge in [0.05, 0.1) is 29.6 Å². The number of amides is 1. The molecule has 2 heterocycles. The number of carbonyl (C=O) groups is 1. The number of nitrogens with zero attached hydrogens (tertiary/aromatic N) is 1. The summed E-state index contributed by atoms with van der Waals surface area (Å²) < 4.78 is 11.2. The summed E-state index contributed by atoms with van der Waals surface area (Å²) in [5.74, 6) is -0.0949. The molecule has 5 nitrogen and oxygen atoms in total. The third kappa shape index (κ3) is 3.50. The number of benzene rings is 2. The number of halogens is 2. The van der Waals surface area contributed by atoms with Gasteiger partial charge in [-0.3, -0.25) is 4.79 Å².